The molecule has 1 aliphatic rings. The van der Waals surface area contributed by atoms with Gasteiger partial charge in [-0.1, -0.05) is 99.8 Å². The molecular formula is C43H79O5P. The van der Waals surface area contributed by atoms with Gasteiger partial charge in [0.1, 0.15) is 17.1 Å². The molecule has 6 heteroatoms. The molecule has 5 nitrogen and oxygen atoms in total. The average molecular weight is 707 g/mol. The first-order valence-electron chi connectivity index (χ1n) is 19.7. The smallest absolute Gasteiger partial charge is 0.312 e. The van der Waals surface area contributed by atoms with E-state index in [9.17, 15) is 9.59 Å². The van der Waals surface area contributed by atoms with Crippen LogP contribution in [0.4, 0.5) is 0 Å². The minimum Gasteiger partial charge on any atom is -0.487 e. The molecule has 0 amide bonds. The summed E-state index contributed by atoms with van der Waals surface area (Å²) in [5, 5.41) is 0. The zero-order valence-corrected chi connectivity index (χ0v) is 36.1. The molecule has 49 heavy (non-hydrogen) atoms. The van der Waals surface area contributed by atoms with E-state index in [0.29, 0.717) is 18.6 Å². The van der Waals surface area contributed by atoms with Crippen molar-refractivity contribution in [2.75, 3.05) is 0 Å². The lowest BCUT2D eigenvalue weighted by molar-refractivity contribution is -0.160. The van der Waals surface area contributed by atoms with Crippen molar-refractivity contribution >= 4 is 21.8 Å². The molecule has 286 valence electrons. The van der Waals surface area contributed by atoms with Crippen LogP contribution in [0, 0.1) is 43.9 Å². The Bertz CT molecular complexity index is 1130. The highest BCUT2D eigenvalue weighted by molar-refractivity contribution is 6.92. The molecule has 1 heterocycles. The fourth-order valence-corrected chi connectivity index (χ4v) is 6.74. The first kappa shape index (κ1) is 47.4. The molecule has 5 atom stereocenters. The van der Waals surface area contributed by atoms with Crippen LogP contribution in [0.2, 0.25) is 0 Å². The quantitative estimate of drug-likeness (QED) is 0.0814. The molecule has 0 N–H and O–H groups in total. The zero-order chi connectivity index (χ0) is 36.7. The largest absolute Gasteiger partial charge is 0.487 e. The molecule has 1 aromatic rings. The van der Waals surface area contributed by atoms with Crippen LogP contribution in [0.15, 0.2) is 0 Å². The molecule has 0 aliphatic carbocycles. The number of ether oxygens (including phenoxy) is 3. The summed E-state index contributed by atoms with van der Waals surface area (Å²) in [4.78, 5) is 25.7. The highest BCUT2D eigenvalue weighted by Crippen LogP contribution is 2.45. The van der Waals surface area contributed by atoms with E-state index < -0.39 is 5.41 Å². The van der Waals surface area contributed by atoms with Crippen LogP contribution in [0.5, 0.6) is 11.5 Å². The molecule has 0 radical (unpaired) electrons. The van der Waals surface area contributed by atoms with E-state index in [-0.39, 0.29) is 40.0 Å². The van der Waals surface area contributed by atoms with Crippen LogP contribution in [-0.4, -0.2) is 23.6 Å². The second-order valence-corrected chi connectivity index (χ2v) is 16.5. The van der Waals surface area contributed by atoms with Gasteiger partial charge in [0.2, 0.25) is 0 Å². The van der Waals surface area contributed by atoms with E-state index in [1.165, 1.54) is 57.8 Å². The Morgan fingerprint density at radius 1 is 0.837 bits per heavy atom. The third-order valence-electron chi connectivity index (χ3n) is 10.6. The molecule has 0 fully saturated rings. The van der Waals surface area contributed by atoms with Crippen LogP contribution >= 0.6 is 9.90 Å². The van der Waals surface area contributed by atoms with Crippen LogP contribution in [0.1, 0.15) is 188 Å². The van der Waals surface area contributed by atoms with Crippen molar-refractivity contribution in [3.05, 3.63) is 22.3 Å². The third kappa shape index (κ3) is 16.1. The van der Waals surface area contributed by atoms with E-state index in [0.717, 1.165) is 65.0 Å². The molecule has 1 aliphatic heterocycles. The maximum Gasteiger partial charge on any atom is 0.312 e. The van der Waals surface area contributed by atoms with Crippen molar-refractivity contribution in [1.29, 1.82) is 0 Å². The molecule has 0 aromatic heterocycles. The van der Waals surface area contributed by atoms with Crippen molar-refractivity contribution in [2.45, 2.75) is 205 Å². The molecule has 0 saturated carbocycles. The Morgan fingerprint density at radius 3 is 1.88 bits per heavy atom. The maximum absolute atomic E-state index is 13.0. The maximum atomic E-state index is 13.0. The van der Waals surface area contributed by atoms with Crippen LogP contribution < -0.4 is 9.47 Å². The standard InChI is InChI=1S/C40H68O5.C3H8.H3P/c1-13-39(11,38(42)43-28(4)5)25-23-35(41)44-36-31(8)32(9)37-34(33(36)10)22-26-40(12,45-37)24-16-21-30(7)20-15-19-29(6)18-14-17-27(2)3;1-3-2;/h27-30H,13-26H2,1-12H3;3H2,1-2H3;1H3/t29-,30-,39?,40-;;/m0../s1. The average Bonchev–Trinajstić information content (AvgIpc) is 3.00. The van der Waals surface area contributed by atoms with E-state index in [1.54, 1.807) is 0 Å². The number of carbonyl (C=O) groups excluding carboxylic acids is 2. The fraction of sp³-hybridized carbons (Fsp3) is 0.814. The Morgan fingerprint density at radius 2 is 1.37 bits per heavy atom. The Balaban J connectivity index is 0.00000554. The second-order valence-electron chi connectivity index (χ2n) is 16.5. The molecule has 0 spiro atoms. The number of esters is 2. The highest BCUT2D eigenvalue weighted by Gasteiger charge is 2.36. The lowest BCUT2D eigenvalue weighted by Gasteiger charge is -2.38. The Kier molecular flexibility index (Phi) is 22.3. The van der Waals surface area contributed by atoms with Gasteiger partial charge >= 0.3 is 11.9 Å². The summed E-state index contributed by atoms with van der Waals surface area (Å²) in [6, 6.07) is 0. The number of fused-ring (bicyclic) bond motifs is 1. The van der Waals surface area contributed by atoms with E-state index in [2.05, 4.69) is 55.4 Å². The predicted molar refractivity (Wildman–Crippen MR) is 214 cm³/mol. The van der Waals surface area contributed by atoms with Crippen molar-refractivity contribution in [1.82, 2.24) is 0 Å². The Labute approximate surface area is 306 Å². The van der Waals surface area contributed by atoms with E-state index in [1.807, 2.05) is 41.5 Å². The van der Waals surface area contributed by atoms with Gasteiger partial charge in [0.15, 0.2) is 0 Å². The number of hydrogen-bond donors (Lipinski definition) is 0. The molecule has 2 rings (SSSR count). The van der Waals surface area contributed by atoms with Crippen LogP contribution in [-0.2, 0) is 20.7 Å². The van der Waals surface area contributed by atoms with Crippen LogP contribution in [0.3, 0.4) is 0 Å². The van der Waals surface area contributed by atoms with Gasteiger partial charge in [-0.05, 0) is 121 Å². The van der Waals surface area contributed by atoms with Gasteiger partial charge in [-0.3, -0.25) is 9.59 Å². The fourth-order valence-electron chi connectivity index (χ4n) is 6.74. The molecular weight excluding hydrogens is 627 g/mol. The minimum atomic E-state index is -0.708. The molecule has 0 saturated heterocycles. The monoisotopic (exact) mass is 707 g/mol. The van der Waals surface area contributed by atoms with Gasteiger partial charge in [-0.15, -0.1) is 0 Å². The molecule has 0 bridgehead atoms. The number of carbonyl (C=O) groups is 2. The van der Waals surface area contributed by atoms with Crippen molar-refractivity contribution in [3.63, 3.8) is 0 Å². The predicted octanol–water partition coefficient (Wildman–Crippen LogP) is 12.7. The summed E-state index contributed by atoms with van der Waals surface area (Å²) in [7, 11) is 0. The zero-order valence-electron chi connectivity index (χ0n) is 34.7. The summed E-state index contributed by atoms with van der Waals surface area (Å²) < 4.78 is 18.2. The lowest BCUT2D eigenvalue weighted by Crippen LogP contribution is -2.37. The first-order valence-corrected chi connectivity index (χ1v) is 19.7. The summed E-state index contributed by atoms with van der Waals surface area (Å²) in [5.41, 5.74) is 3.28. The third-order valence-corrected chi connectivity index (χ3v) is 10.6. The topological polar surface area (TPSA) is 61.8 Å². The van der Waals surface area contributed by atoms with Crippen molar-refractivity contribution in [3.8, 4) is 11.5 Å². The first-order chi connectivity index (χ1) is 22.4. The lowest BCUT2D eigenvalue weighted by atomic mass is 9.82. The van der Waals surface area contributed by atoms with Gasteiger partial charge in [0.05, 0.1) is 11.5 Å². The van der Waals surface area contributed by atoms with E-state index in [4.69, 9.17) is 14.2 Å². The summed E-state index contributed by atoms with van der Waals surface area (Å²) in [5.74, 6) is 3.49. The van der Waals surface area contributed by atoms with Gasteiger partial charge in [-0.25, -0.2) is 0 Å². The van der Waals surface area contributed by atoms with Gasteiger partial charge in [0, 0.05) is 12.0 Å². The Hall–Kier alpha value is -1.61. The van der Waals surface area contributed by atoms with E-state index >= 15 is 0 Å². The second kappa shape index (κ2) is 23.1. The summed E-state index contributed by atoms with van der Waals surface area (Å²) in [6.07, 6.45) is 15.8. The molecule has 1 aromatic carbocycles. The van der Waals surface area contributed by atoms with Gasteiger partial charge in [-0.2, -0.15) is 9.90 Å². The van der Waals surface area contributed by atoms with Gasteiger partial charge < -0.3 is 14.2 Å². The van der Waals surface area contributed by atoms with Crippen LogP contribution in [0.25, 0.3) is 0 Å². The van der Waals surface area contributed by atoms with Gasteiger partial charge in [0.25, 0.3) is 0 Å². The van der Waals surface area contributed by atoms with Crippen molar-refractivity contribution in [2.24, 2.45) is 23.2 Å². The normalized spacial score (nSPS) is 17.9. The SMILES string of the molecule is CCC.CCC(C)(CCC(=O)Oc1c(C)c(C)c2c(c1C)CC[C@](C)(CCC[C@@H](C)CCC[C@@H](C)CCCC(C)C)O2)C(=O)OC(C)C.P. The minimum absolute atomic E-state index is 0. The summed E-state index contributed by atoms with van der Waals surface area (Å²) >= 11 is 0. The molecule has 2 unspecified atom stereocenters. The highest BCUT2D eigenvalue weighted by atomic mass is 31.0. The number of hydrogen-bond acceptors (Lipinski definition) is 5. The number of benzene rings is 1. The van der Waals surface area contributed by atoms with Crippen molar-refractivity contribution < 1.29 is 23.8 Å². The summed E-state index contributed by atoms with van der Waals surface area (Å²) in [6.45, 7) is 29.7. The number of rotatable bonds is 19.